The number of benzene rings is 2. The van der Waals surface area contributed by atoms with Gasteiger partial charge in [-0.25, -0.2) is 14.4 Å². The first-order valence-corrected chi connectivity index (χ1v) is 8.61. The normalized spacial score (nSPS) is 15.8. The lowest BCUT2D eigenvalue weighted by molar-refractivity contribution is -0.152. The van der Waals surface area contributed by atoms with Gasteiger partial charge in [-0.15, -0.1) is 0 Å². The predicted molar refractivity (Wildman–Crippen MR) is 101 cm³/mol. The molecule has 8 heteroatoms. The number of hydrogen-bond donors (Lipinski definition) is 1. The van der Waals surface area contributed by atoms with E-state index in [0.717, 1.165) is 5.56 Å². The van der Waals surface area contributed by atoms with Crippen LogP contribution in [0, 0.1) is 6.92 Å². The summed E-state index contributed by atoms with van der Waals surface area (Å²) in [6, 6.07) is 13.1. The largest absolute Gasteiger partial charge is 0.465 e. The smallest absolute Gasteiger partial charge is 0.355 e. The zero-order chi connectivity index (χ0) is 20.3. The third-order valence-electron chi connectivity index (χ3n) is 4.03. The van der Waals surface area contributed by atoms with Crippen LogP contribution in [0.25, 0.3) is 0 Å². The van der Waals surface area contributed by atoms with E-state index in [9.17, 15) is 14.4 Å². The molecular weight excluding hydrogens is 386 g/mol. The van der Waals surface area contributed by atoms with Crippen molar-refractivity contribution >= 4 is 35.2 Å². The first-order chi connectivity index (χ1) is 13.4. The van der Waals surface area contributed by atoms with Crippen molar-refractivity contribution in [2.24, 2.45) is 0 Å². The molecule has 1 aliphatic heterocycles. The molecule has 0 amide bonds. The molecule has 1 N–H and O–H groups in total. The number of carbonyl (C=O) groups is 3. The van der Waals surface area contributed by atoms with Crippen molar-refractivity contribution in [2.45, 2.75) is 13.2 Å². The summed E-state index contributed by atoms with van der Waals surface area (Å²) in [5.41, 5.74) is 2.04. The maximum absolute atomic E-state index is 12.4. The van der Waals surface area contributed by atoms with Crippen LogP contribution in [0.2, 0.25) is 0 Å². The van der Waals surface area contributed by atoms with E-state index < -0.39 is 24.2 Å². The molecule has 1 aliphatic rings. The number of anilines is 1. The third-order valence-corrected chi connectivity index (χ3v) is 4.39. The summed E-state index contributed by atoms with van der Waals surface area (Å²) in [6.07, 6.45) is -1.31. The fraction of sp³-hybridized carbons (Fsp3) is 0.150. The van der Waals surface area contributed by atoms with Gasteiger partial charge in [-0.05, 0) is 42.8 Å². The Morgan fingerprint density at radius 3 is 2.39 bits per heavy atom. The molecule has 0 radical (unpaired) electrons. The molecule has 144 valence electrons. The van der Waals surface area contributed by atoms with Crippen LogP contribution in [0.1, 0.15) is 26.3 Å². The van der Waals surface area contributed by atoms with E-state index >= 15 is 0 Å². The van der Waals surface area contributed by atoms with Crippen molar-refractivity contribution in [1.82, 2.24) is 0 Å². The van der Waals surface area contributed by atoms with Crippen LogP contribution in [-0.2, 0) is 19.0 Å². The van der Waals surface area contributed by atoms with E-state index in [1.807, 2.05) is 0 Å². The van der Waals surface area contributed by atoms with E-state index in [0.29, 0.717) is 16.8 Å². The summed E-state index contributed by atoms with van der Waals surface area (Å²) in [6.45, 7) is 1.77. The van der Waals surface area contributed by atoms with Gasteiger partial charge in [-0.1, -0.05) is 29.8 Å². The minimum atomic E-state index is -1.31. The first kappa shape index (κ1) is 19.4. The molecule has 0 spiro atoms. The zero-order valence-corrected chi connectivity index (χ0v) is 15.8. The van der Waals surface area contributed by atoms with Crippen molar-refractivity contribution in [1.29, 1.82) is 0 Å². The molecule has 7 nitrogen and oxygen atoms in total. The van der Waals surface area contributed by atoms with E-state index in [-0.39, 0.29) is 10.7 Å². The summed E-state index contributed by atoms with van der Waals surface area (Å²) >= 11 is 6.02. The summed E-state index contributed by atoms with van der Waals surface area (Å²) in [5, 5.41) is 2.68. The number of hydrogen-bond acceptors (Lipinski definition) is 7. The highest BCUT2D eigenvalue weighted by Gasteiger charge is 2.36. The maximum Gasteiger partial charge on any atom is 0.355 e. The van der Waals surface area contributed by atoms with Gasteiger partial charge >= 0.3 is 17.9 Å². The molecule has 1 heterocycles. The number of aryl methyl sites for hydroxylation is 1. The summed E-state index contributed by atoms with van der Waals surface area (Å²) in [7, 11) is 1.29. The third kappa shape index (κ3) is 3.99. The number of nitrogens with one attached hydrogen (secondary N) is 1. The van der Waals surface area contributed by atoms with Gasteiger partial charge in [0.1, 0.15) is 5.70 Å². The van der Waals surface area contributed by atoms with Crippen molar-refractivity contribution < 1.29 is 28.6 Å². The zero-order valence-electron chi connectivity index (χ0n) is 15.0. The second-order valence-corrected chi connectivity index (χ2v) is 6.26. The van der Waals surface area contributed by atoms with E-state index in [1.165, 1.54) is 19.2 Å². The van der Waals surface area contributed by atoms with Gasteiger partial charge in [0.2, 0.25) is 0 Å². The lowest BCUT2D eigenvalue weighted by Crippen LogP contribution is -2.24. The molecule has 2 aromatic rings. The molecule has 1 atom stereocenters. The SMILES string of the molecule is COC(=O)c1ccc(NC2=C(Cl)C(=O)OC2OC(=O)c2ccccc2C)cc1. The number of rotatable bonds is 5. The quantitative estimate of drug-likeness (QED) is 0.768. The highest BCUT2D eigenvalue weighted by molar-refractivity contribution is 6.42. The lowest BCUT2D eigenvalue weighted by Gasteiger charge is -2.17. The second kappa shape index (κ2) is 8.14. The molecule has 0 saturated carbocycles. The number of ether oxygens (including phenoxy) is 3. The Balaban J connectivity index is 1.78. The monoisotopic (exact) mass is 401 g/mol. The minimum Gasteiger partial charge on any atom is -0.465 e. The molecular formula is C20H16ClNO6. The minimum absolute atomic E-state index is 0.0967. The average molecular weight is 402 g/mol. The van der Waals surface area contributed by atoms with Crippen molar-refractivity contribution in [2.75, 3.05) is 12.4 Å². The van der Waals surface area contributed by atoms with Crippen molar-refractivity contribution in [3.63, 3.8) is 0 Å². The fourth-order valence-electron chi connectivity index (χ4n) is 2.54. The van der Waals surface area contributed by atoms with E-state index in [1.54, 1.807) is 43.3 Å². The van der Waals surface area contributed by atoms with Crippen LogP contribution in [-0.4, -0.2) is 31.3 Å². The van der Waals surface area contributed by atoms with Crippen LogP contribution < -0.4 is 5.32 Å². The van der Waals surface area contributed by atoms with Gasteiger partial charge in [-0.2, -0.15) is 0 Å². The number of cyclic esters (lactones) is 1. The van der Waals surface area contributed by atoms with Gasteiger partial charge in [0.25, 0.3) is 6.29 Å². The van der Waals surface area contributed by atoms with Crippen LogP contribution in [0.4, 0.5) is 5.69 Å². The molecule has 0 saturated heterocycles. The molecule has 2 aromatic carbocycles. The number of carbonyl (C=O) groups excluding carboxylic acids is 3. The second-order valence-electron chi connectivity index (χ2n) is 5.88. The fourth-order valence-corrected chi connectivity index (χ4v) is 2.72. The van der Waals surface area contributed by atoms with Gasteiger partial charge in [0.05, 0.1) is 18.2 Å². The average Bonchev–Trinajstić information content (AvgIpc) is 2.95. The highest BCUT2D eigenvalue weighted by atomic mass is 35.5. The van der Waals surface area contributed by atoms with Crippen molar-refractivity contribution in [3.8, 4) is 0 Å². The number of halogens is 1. The number of esters is 3. The number of methoxy groups -OCH3 is 1. The van der Waals surface area contributed by atoms with Gasteiger partial charge < -0.3 is 19.5 Å². The van der Waals surface area contributed by atoms with E-state index in [4.69, 9.17) is 21.1 Å². The van der Waals surface area contributed by atoms with Crippen LogP contribution in [0.5, 0.6) is 0 Å². The summed E-state index contributed by atoms with van der Waals surface area (Å²) < 4.78 is 15.0. The Bertz CT molecular complexity index is 967. The standard InChI is InChI=1S/C20H16ClNO6/c1-11-5-3-4-6-14(11)18(24)27-20-16(15(21)19(25)28-20)22-13-9-7-12(8-10-13)17(23)26-2/h3-10,20,22H,1-2H3. The molecule has 0 aromatic heterocycles. The molecule has 3 rings (SSSR count). The summed E-state index contributed by atoms with van der Waals surface area (Å²) in [5.74, 6) is -1.94. The molecule has 0 fully saturated rings. The first-order valence-electron chi connectivity index (χ1n) is 8.23. The lowest BCUT2D eigenvalue weighted by atomic mass is 10.1. The van der Waals surface area contributed by atoms with Gasteiger partial charge in [0.15, 0.2) is 5.03 Å². The van der Waals surface area contributed by atoms with Crippen LogP contribution >= 0.6 is 11.6 Å². The van der Waals surface area contributed by atoms with Crippen LogP contribution in [0.3, 0.4) is 0 Å². The molecule has 28 heavy (non-hydrogen) atoms. The summed E-state index contributed by atoms with van der Waals surface area (Å²) in [4.78, 5) is 35.8. The Morgan fingerprint density at radius 1 is 1.07 bits per heavy atom. The predicted octanol–water partition coefficient (Wildman–Crippen LogP) is 3.38. The highest BCUT2D eigenvalue weighted by Crippen LogP contribution is 2.29. The Morgan fingerprint density at radius 2 is 1.75 bits per heavy atom. The molecule has 0 bridgehead atoms. The van der Waals surface area contributed by atoms with Crippen molar-refractivity contribution in [3.05, 3.63) is 76.0 Å². The topological polar surface area (TPSA) is 90.9 Å². The molecule has 0 aliphatic carbocycles. The Hall–Kier alpha value is -3.32. The Labute approximate surface area is 165 Å². The van der Waals surface area contributed by atoms with Gasteiger partial charge in [0, 0.05) is 5.69 Å². The Kier molecular flexibility index (Phi) is 5.65. The molecule has 1 unspecified atom stereocenters. The van der Waals surface area contributed by atoms with Crippen LogP contribution in [0.15, 0.2) is 59.3 Å². The van der Waals surface area contributed by atoms with Gasteiger partial charge in [-0.3, -0.25) is 0 Å². The van der Waals surface area contributed by atoms with E-state index in [2.05, 4.69) is 10.1 Å². The maximum atomic E-state index is 12.4.